The molecule has 0 spiro atoms. The zero-order valence-electron chi connectivity index (χ0n) is 9.01. The first kappa shape index (κ1) is 10.4. The van der Waals surface area contributed by atoms with Gasteiger partial charge in [-0.05, 0) is 18.6 Å². The third-order valence-corrected chi connectivity index (χ3v) is 2.29. The molecule has 0 unspecified atom stereocenters. The predicted molar refractivity (Wildman–Crippen MR) is 63.5 cm³/mol. The summed E-state index contributed by atoms with van der Waals surface area (Å²) < 4.78 is 0. The Balaban J connectivity index is 2.64. The number of aromatic nitrogens is 3. The van der Waals surface area contributed by atoms with E-state index in [2.05, 4.69) is 15.0 Å². The van der Waals surface area contributed by atoms with Crippen LogP contribution in [0.2, 0.25) is 0 Å². The van der Waals surface area contributed by atoms with E-state index in [-0.39, 0.29) is 5.95 Å². The molecule has 0 bridgehead atoms. The Bertz CT molecular complexity index is 495. The summed E-state index contributed by atoms with van der Waals surface area (Å²) in [7, 11) is 0. The highest BCUT2D eigenvalue weighted by atomic mass is 15.0. The Morgan fingerprint density at radius 3 is 2.62 bits per heavy atom. The van der Waals surface area contributed by atoms with E-state index in [1.165, 1.54) is 0 Å². The first-order valence-electron chi connectivity index (χ1n) is 5.05. The zero-order valence-corrected chi connectivity index (χ0v) is 9.01. The van der Waals surface area contributed by atoms with E-state index in [4.69, 9.17) is 11.5 Å². The van der Waals surface area contributed by atoms with Gasteiger partial charge in [-0.3, -0.25) is 4.98 Å². The van der Waals surface area contributed by atoms with Crippen LogP contribution in [0.15, 0.2) is 24.4 Å². The molecule has 0 amide bonds. The van der Waals surface area contributed by atoms with Gasteiger partial charge >= 0.3 is 0 Å². The number of nitrogens with zero attached hydrogens (tertiary/aromatic N) is 3. The van der Waals surface area contributed by atoms with E-state index in [9.17, 15) is 0 Å². The van der Waals surface area contributed by atoms with Gasteiger partial charge in [0.25, 0.3) is 0 Å². The molecule has 0 saturated carbocycles. The van der Waals surface area contributed by atoms with Crippen molar-refractivity contribution >= 4 is 11.8 Å². The minimum absolute atomic E-state index is 0.203. The van der Waals surface area contributed by atoms with Crippen LogP contribution in [0.25, 0.3) is 11.3 Å². The van der Waals surface area contributed by atoms with Gasteiger partial charge in [0.2, 0.25) is 5.95 Å². The molecular formula is C11H13N5. The number of hydrogen-bond acceptors (Lipinski definition) is 5. The van der Waals surface area contributed by atoms with Crippen molar-refractivity contribution in [1.29, 1.82) is 0 Å². The minimum atomic E-state index is 0.203. The van der Waals surface area contributed by atoms with Crippen LogP contribution in [0.1, 0.15) is 12.6 Å². The molecule has 4 N–H and O–H groups in total. The van der Waals surface area contributed by atoms with Crippen LogP contribution in [0.4, 0.5) is 11.8 Å². The number of hydrogen-bond donors (Lipinski definition) is 2. The maximum Gasteiger partial charge on any atom is 0.222 e. The van der Waals surface area contributed by atoms with Gasteiger partial charge in [0.05, 0.1) is 17.0 Å². The molecule has 16 heavy (non-hydrogen) atoms. The number of aryl methyl sites for hydroxylation is 1. The topological polar surface area (TPSA) is 90.7 Å². The highest BCUT2D eigenvalue weighted by molar-refractivity contribution is 5.73. The Labute approximate surface area is 93.6 Å². The number of rotatable bonds is 2. The van der Waals surface area contributed by atoms with Gasteiger partial charge < -0.3 is 11.5 Å². The monoisotopic (exact) mass is 215 g/mol. The van der Waals surface area contributed by atoms with Crippen LogP contribution in [0.3, 0.4) is 0 Å². The van der Waals surface area contributed by atoms with Gasteiger partial charge in [-0.15, -0.1) is 0 Å². The highest BCUT2D eigenvalue weighted by Gasteiger charge is 2.12. The lowest BCUT2D eigenvalue weighted by Gasteiger charge is -2.09. The minimum Gasteiger partial charge on any atom is -0.383 e. The zero-order chi connectivity index (χ0) is 11.5. The molecule has 2 heterocycles. The van der Waals surface area contributed by atoms with Crippen molar-refractivity contribution in [2.45, 2.75) is 13.3 Å². The van der Waals surface area contributed by atoms with Gasteiger partial charge in [0, 0.05) is 6.20 Å². The summed E-state index contributed by atoms with van der Waals surface area (Å²) in [6.07, 6.45) is 2.45. The average molecular weight is 215 g/mol. The molecule has 2 rings (SSSR count). The lowest BCUT2D eigenvalue weighted by Crippen LogP contribution is -2.06. The fourth-order valence-electron chi connectivity index (χ4n) is 1.59. The molecule has 0 aromatic carbocycles. The van der Waals surface area contributed by atoms with Crippen LogP contribution in [-0.4, -0.2) is 15.0 Å². The molecule has 0 radical (unpaired) electrons. The van der Waals surface area contributed by atoms with Crippen LogP contribution < -0.4 is 11.5 Å². The smallest absolute Gasteiger partial charge is 0.222 e. The predicted octanol–water partition coefficient (Wildman–Crippen LogP) is 1.27. The number of nitrogen functional groups attached to an aromatic ring is 2. The molecule has 0 aliphatic heterocycles. The van der Waals surface area contributed by atoms with Crippen LogP contribution in [-0.2, 0) is 6.42 Å². The molecule has 0 atom stereocenters. The Morgan fingerprint density at radius 2 is 2.00 bits per heavy atom. The molecule has 0 saturated heterocycles. The largest absolute Gasteiger partial charge is 0.383 e. The number of pyridine rings is 1. The maximum absolute atomic E-state index is 5.86. The maximum atomic E-state index is 5.86. The van der Waals surface area contributed by atoms with Crippen molar-refractivity contribution in [2.75, 3.05) is 11.5 Å². The van der Waals surface area contributed by atoms with Gasteiger partial charge in [-0.1, -0.05) is 13.0 Å². The fraction of sp³-hybridized carbons (Fsp3) is 0.182. The lowest BCUT2D eigenvalue weighted by atomic mass is 10.1. The van der Waals surface area contributed by atoms with Crippen LogP contribution in [0, 0.1) is 0 Å². The second-order valence-electron chi connectivity index (χ2n) is 3.36. The van der Waals surface area contributed by atoms with E-state index in [1.54, 1.807) is 6.20 Å². The van der Waals surface area contributed by atoms with Gasteiger partial charge in [0.15, 0.2) is 0 Å². The summed E-state index contributed by atoms with van der Waals surface area (Å²) in [4.78, 5) is 12.4. The normalized spacial score (nSPS) is 10.3. The summed E-state index contributed by atoms with van der Waals surface area (Å²) in [5.74, 6) is 0.581. The van der Waals surface area contributed by atoms with Crippen molar-refractivity contribution in [3.63, 3.8) is 0 Å². The third kappa shape index (κ3) is 1.79. The molecule has 82 valence electrons. The van der Waals surface area contributed by atoms with E-state index < -0.39 is 0 Å². The van der Waals surface area contributed by atoms with Gasteiger partial charge in [0.1, 0.15) is 5.82 Å². The van der Waals surface area contributed by atoms with Crippen molar-refractivity contribution in [3.05, 3.63) is 30.1 Å². The van der Waals surface area contributed by atoms with E-state index in [0.29, 0.717) is 5.82 Å². The second-order valence-corrected chi connectivity index (χ2v) is 3.36. The summed E-state index contributed by atoms with van der Waals surface area (Å²) in [6, 6.07) is 5.63. The standard InChI is InChI=1S/C11H13N5/c1-2-7-9(8-5-3-4-6-14-8)10(12)16-11(13)15-7/h3-6H,2H2,1H3,(H4,12,13,15,16). The van der Waals surface area contributed by atoms with E-state index in [1.807, 2.05) is 25.1 Å². The molecule has 0 aliphatic rings. The quantitative estimate of drug-likeness (QED) is 0.787. The van der Waals surface area contributed by atoms with Gasteiger partial charge in [-0.25, -0.2) is 4.98 Å². The second kappa shape index (κ2) is 4.14. The molecule has 2 aromatic rings. The third-order valence-electron chi connectivity index (χ3n) is 2.29. The summed E-state index contributed by atoms with van der Waals surface area (Å²) in [5, 5.41) is 0. The first-order chi connectivity index (χ1) is 7.72. The van der Waals surface area contributed by atoms with Crippen LogP contribution >= 0.6 is 0 Å². The van der Waals surface area contributed by atoms with Crippen molar-refractivity contribution < 1.29 is 0 Å². The van der Waals surface area contributed by atoms with Crippen molar-refractivity contribution in [2.24, 2.45) is 0 Å². The Hall–Kier alpha value is -2.17. The van der Waals surface area contributed by atoms with Crippen molar-refractivity contribution in [3.8, 4) is 11.3 Å². The van der Waals surface area contributed by atoms with Gasteiger partial charge in [-0.2, -0.15) is 4.98 Å². The fourth-order valence-corrected chi connectivity index (χ4v) is 1.59. The molecule has 2 aromatic heterocycles. The molecule has 0 fully saturated rings. The lowest BCUT2D eigenvalue weighted by molar-refractivity contribution is 1.01. The summed E-state index contributed by atoms with van der Waals surface area (Å²) >= 11 is 0. The molecular weight excluding hydrogens is 202 g/mol. The SMILES string of the molecule is CCc1nc(N)nc(N)c1-c1ccccn1. The molecule has 5 nitrogen and oxygen atoms in total. The number of anilines is 2. The molecule has 5 heteroatoms. The molecule has 0 aliphatic carbocycles. The van der Waals surface area contributed by atoms with E-state index >= 15 is 0 Å². The Morgan fingerprint density at radius 1 is 1.19 bits per heavy atom. The average Bonchev–Trinajstić information content (AvgIpc) is 2.29. The van der Waals surface area contributed by atoms with E-state index in [0.717, 1.165) is 23.4 Å². The number of nitrogens with two attached hydrogens (primary N) is 2. The summed E-state index contributed by atoms with van der Waals surface area (Å²) in [6.45, 7) is 1.99. The Kier molecular flexibility index (Phi) is 2.68. The summed E-state index contributed by atoms with van der Waals surface area (Å²) in [5.41, 5.74) is 13.8. The van der Waals surface area contributed by atoms with Crippen LogP contribution in [0.5, 0.6) is 0 Å². The first-order valence-corrected chi connectivity index (χ1v) is 5.05. The van der Waals surface area contributed by atoms with Crippen molar-refractivity contribution in [1.82, 2.24) is 15.0 Å². The highest BCUT2D eigenvalue weighted by Crippen LogP contribution is 2.26.